The average Bonchev–Trinajstić information content (AvgIpc) is 2.34. The van der Waals surface area contributed by atoms with Crippen molar-refractivity contribution in [2.75, 3.05) is 6.54 Å². The molecule has 0 saturated carbocycles. The molecule has 2 unspecified atom stereocenters. The van der Waals surface area contributed by atoms with Gasteiger partial charge in [0.1, 0.15) is 5.82 Å². The lowest BCUT2D eigenvalue weighted by atomic mass is 9.96. The van der Waals surface area contributed by atoms with Gasteiger partial charge in [0.15, 0.2) is 0 Å². The zero-order valence-corrected chi connectivity index (χ0v) is 11.5. The molecule has 0 bridgehead atoms. The van der Waals surface area contributed by atoms with E-state index in [9.17, 15) is 4.39 Å². The second kappa shape index (κ2) is 6.00. The van der Waals surface area contributed by atoms with Crippen molar-refractivity contribution >= 4 is 11.6 Å². The number of hydrogen-bond acceptors (Lipinski definition) is 2. The number of nitrogens with two attached hydrogens (primary N) is 1. The Kier molecular flexibility index (Phi) is 4.60. The van der Waals surface area contributed by atoms with Gasteiger partial charge in [0, 0.05) is 18.6 Å². The number of rotatable bonds is 3. The molecule has 100 valence electrons. The number of likely N-dealkylation sites (tertiary alicyclic amines) is 1. The molecule has 1 aromatic carbocycles. The summed E-state index contributed by atoms with van der Waals surface area (Å²) in [5, 5.41) is 0.182. The summed E-state index contributed by atoms with van der Waals surface area (Å²) in [5.74, 6) is -0.344. The summed E-state index contributed by atoms with van der Waals surface area (Å²) >= 11 is 5.69. The Morgan fingerprint density at radius 2 is 2.28 bits per heavy atom. The van der Waals surface area contributed by atoms with E-state index in [2.05, 4.69) is 4.90 Å². The minimum atomic E-state index is -0.344. The molecule has 2 nitrogen and oxygen atoms in total. The van der Waals surface area contributed by atoms with Gasteiger partial charge in [-0.05, 0) is 44.0 Å². The Hall–Kier alpha value is -0.640. The first kappa shape index (κ1) is 13.8. The third-order valence-electron chi connectivity index (χ3n) is 3.64. The third-order valence-corrected chi connectivity index (χ3v) is 3.95. The summed E-state index contributed by atoms with van der Waals surface area (Å²) < 4.78 is 13.4. The summed E-state index contributed by atoms with van der Waals surface area (Å²) in [5.41, 5.74) is 6.99. The lowest BCUT2D eigenvalue weighted by Crippen LogP contribution is -2.48. The van der Waals surface area contributed by atoms with Gasteiger partial charge in [-0.1, -0.05) is 24.1 Å². The quantitative estimate of drug-likeness (QED) is 0.914. The Morgan fingerprint density at radius 1 is 1.50 bits per heavy atom. The van der Waals surface area contributed by atoms with Crippen LogP contribution in [0.3, 0.4) is 0 Å². The van der Waals surface area contributed by atoms with Gasteiger partial charge in [0.05, 0.1) is 5.02 Å². The van der Waals surface area contributed by atoms with Crippen molar-refractivity contribution in [2.24, 2.45) is 5.73 Å². The molecule has 2 atom stereocenters. The van der Waals surface area contributed by atoms with Crippen molar-refractivity contribution in [3.63, 3.8) is 0 Å². The number of hydrogen-bond donors (Lipinski definition) is 1. The van der Waals surface area contributed by atoms with Gasteiger partial charge < -0.3 is 5.73 Å². The predicted molar refractivity (Wildman–Crippen MR) is 73.1 cm³/mol. The van der Waals surface area contributed by atoms with Crippen molar-refractivity contribution in [1.82, 2.24) is 4.90 Å². The van der Waals surface area contributed by atoms with E-state index < -0.39 is 0 Å². The molecule has 2 N–H and O–H groups in total. The summed E-state index contributed by atoms with van der Waals surface area (Å²) in [6.45, 7) is 3.84. The summed E-state index contributed by atoms with van der Waals surface area (Å²) in [6.07, 6.45) is 3.56. The molecule has 0 spiro atoms. The Balaban J connectivity index is 2.08. The SMILES string of the molecule is CC(N)C1CCCCN1Cc1ccc(Cl)c(F)c1. The fourth-order valence-corrected chi connectivity index (χ4v) is 2.80. The maximum atomic E-state index is 13.4. The van der Waals surface area contributed by atoms with Crippen LogP contribution in [0.15, 0.2) is 18.2 Å². The van der Waals surface area contributed by atoms with E-state index in [4.69, 9.17) is 17.3 Å². The van der Waals surface area contributed by atoms with Gasteiger partial charge in [-0.2, -0.15) is 0 Å². The maximum Gasteiger partial charge on any atom is 0.142 e. The van der Waals surface area contributed by atoms with E-state index in [1.165, 1.54) is 18.9 Å². The van der Waals surface area contributed by atoms with E-state index in [0.29, 0.717) is 6.04 Å². The van der Waals surface area contributed by atoms with Crippen molar-refractivity contribution in [3.05, 3.63) is 34.6 Å². The van der Waals surface area contributed by atoms with Crippen molar-refractivity contribution in [1.29, 1.82) is 0 Å². The van der Waals surface area contributed by atoms with E-state index in [0.717, 1.165) is 25.1 Å². The van der Waals surface area contributed by atoms with Crippen LogP contribution in [0.25, 0.3) is 0 Å². The molecule has 1 aliphatic rings. The van der Waals surface area contributed by atoms with Crippen LogP contribution in [0.4, 0.5) is 4.39 Å². The molecule has 4 heteroatoms. The first-order chi connectivity index (χ1) is 8.58. The Labute approximate surface area is 113 Å². The van der Waals surface area contributed by atoms with Crippen LogP contribution in [-0.2, 0) is 6.54 Å². The highest BCUT2D eigenvalue weighted by Crippen LogP contribution is 2.23. The number of benzene rings is 1. The lowest BCUT2D eigenvalue weighted by Gasteiger charge is -2.38. The summed E-state index contributed by atoms with van der Waals surface area (Å²) in [4.78, 5) is 2.36. The minimum absolute atomic E-state index is 0.155. The second-order valence-electron chi connectivity index (χ2n) is 5.14. The van der Waals surface area contributed by atoms with Crippen molar-refractivity contribution in [2.45, 2.75) is 44.8 Å². The molecular weight excluding hydrogens is 251 g/mol. The van der Waals surface area contributed by atoms with Gasteiger partial charge in [-0.25, -0.2) is 4.39 Å². The first-order valence-corrected chi connectivity index (χ1v) is 6.89. The van der Waals surface area contributed by atoms with Crippen molar-refractivity contribution in [3.8, 4) is 0 Å². The lowest BCUT2D eigenvalue weighted by molar-refractivity contribution is 0.123. The van der Waals surface area contributed by atoms with Gasteiger partial charge >= 0.3 is 0 Å². The van der Waals surface area contributed by atoms with Crippen LogP contribution in [0.2, 0.25) is 5.02 Å². The largest absolute Gasteiger partial charge is 0.327 e. The molecule has 0 amide bonds. The highest BCUT2D eigenvalue weighted by molar-refractivity contribution is 6.30. The van der Waals surface area contributed by atoms with Gasteiger partial charge in [-0.3, -0.25) is 4.90 Å². The van der Waals surface area contributed by atoms with Crippen LogP contribution in [0.5, 0.6) is 0 Å². The number of piperidine rings is 1. The third kappa shape index (κ3) is 3.22. The molecule has 18 heavy (non-hydrogen) atoms. The molecular formula is C14H20ClFN2. The molecule has 0 aromatic heterocycles. The van der Waals surface area contributed by atoms with E-state index in [1.54, 1.807) is 6.07 Å². The van der Waals surface area contributed by atoms with E-state index in [1.807, 2.05) is 13.0 Å². The van der Waals surface area contributed by atoms with Gasteiger partial charge in [0.2, 0.25) is 0 Å². The first-order valence-electron chi connectivity index (χ1n) is 6.51. The molecule has 1 heterocycles. The van der Waals surface area contributed by atoms with Gasteiger partial charge in [-0.15, -0.1) is 0 Å². The zero-order chi connectivity index (χ0) is 13.1. The normalized spacial score (nSPS) is 23.0. The zero-order valence-electron chi connectivity index (χ0n) is 10.7. The Morgan fingerprint density at radius 3 is 2.94 bits per heavy atom. The molecule has 1 aromatic rings. The molecule has 0 radical (unpaired) electrons. The van der Waals surface area contributed by atoms with Crippen LogP contribution >= 0.6 is 11.6 Å². The molecule has 0 aliphatic carbocycles. The smallest absolute Gasteiger partial charge is 0.142 e. The minimum Gasteiger partial charge on any atom is -0.327 e. The summed E-state index contributed by atoms with van der Waals surface area (Å²) in [7, 11) is 0. The maximum absolute atomic E-state index is 13.4. The highest BCUT2D eigenvalue weighted by Gasteiger charge is 2.25. The molecule has 1 fully saturated rings. The Bertz CT molecular complexity index is 409. The van der Waals surface area contributed by atoms with Crippen LogP contribution < -0.4 is 5.73 Å². The van der Waals surface area contributed by atoms with Crippen molar-refractivity contribution < 1.29 is 4.39 Å². The molecule has 1 saturated heterocycles. The van der Waals surface area contributed by atoms with Crippen LogP contribution in [0.1, 0.15) is 31.7 Å². The predicted octanol–water partition coefficient (Wildman–Crippen LogP) is 3.18. The monoisotopic (exact) mass is 270 g/mol. The number of nitrogens with zero attached hydrogens (tertiary/aromatic N) is 1. The van der Waals surface area contributed by atoms with Crippen LogP contribution in [-0.4, -0.2) is 23.5 Å². The summed E-state index contributed by atoms with van der Waals surface area (Å²) in [6, 6.07) is 5.59. The average molecular weight is 271 g/mol. The van der Waals surface area contributed by atoms with Crippen LogP contribution in [0, 0.1) is 5.82 Å². The molecule has 2 rings (SSSR count). The van der Waals surface area contributed by atoms with E-state index >= 15 is 0 Å². The highest BCUT2D eigenvalue weighted by atomic mass is 35.5. The topological polar surface area (TPSA) is 29.3 Å². The molecule has 1 aliphatic heterocycles. The fraction of sp³-hybridized carbons (Fsp3) is 0.571. The fourth-order valence-electron chi connectivity index (χ4n) is 2.68. The second-order valence-corrected chi connectivity index (χ2v) is 5.55. The standard InChI is InChI=1S/C14H20ClFN2/c1-10(17)14-4-2-3-7-18(14)9-11-5-6-12(15)13(16)8-11/h5-6,8,10,14H,2-4,7,9,17H2,1H3. The van der Waals surface area contributed by atoms with E-state index in [-0.39, 0.29) is 16.9 Å². The van der Waals surface area contributed by atoms with Gasteiger partial charge in [0.25, 0.3) is 0 Å². The number of halogens is 2.